The van der Waals surface area contributed by atoms with E-state index in [4.69, 9.17) is 0 Å². The maximum absolute atomic E-state index is 3.83. The smallest absolute Gasteiger partial charge is 0.0333 e. The standard InChI is InChI=1S/C16H25N3/c1-14-11-17-13-16(18-14)7-9-19(10-8-16)12-15-5-3-2-4-6-15/h2-6,14,17-18H,7-13H2,1H3. The molecular weight excluding hydrogens is 234 g/mol. The molecule has 2 aliphatic rings. The van der Waals surface area contributed by atoms with Gasteiger partial charge in [0, 0.05) is 44.3 Å². The number of nitrogens with zero attached hydrogens (tertiary/aromatic N) is 1. The molecule has 3 nitrogen and oxygen atoms in total. The van der Waals surface area contributed by atoms with Crippen LogP contribution < -0.4 is 10.6 Å². The minimum Gasteiger partial charge on any atom is -0.313 e. The van der Waals surface area contributed by atoms with E-state index in [-0.39, 0.29) is 0 Å². The molecule has 2 fully saturated rings. The summed E-state index contributed by atoms with van der Waals surface area (Å²) in [6.45, 7) is 8.03. The normalized spacial score (nSPS) is 27.5. The second kappa shape index (κ2) is 5.61. The maximum Gasteiger partial charge on any atom is 0.0333 e. The van der Waals surface area contributed by atoms with Gasteiger partial charge in [-0.05, 0) is 25.3 Å². The van der Waals surface area contributed by atoms with E-state index in [1.165, 1.54) is 31.5 Å². The van der Waals surface area contributed by atoms with Gasteiger partial charge in [-0.15, -0.1) is 0 Å². The first-order chi connectivity index (χ1) is 9.26. The van der Waals surface area contributed by atoms with Crippen molar-refractivity contribution in [2.45, 2.75) is 37.9 Å². The van der Waals surface area contributed by atoms with E-state index in [9.17, 15) is 0 Å². The Hall–Kier alpha value is -0.900. The van der Waals surface area contributed by atoms with Crippen molar-refractivity contribution in [2.24, 2.45) is 0 Å². The molecule has 2 heterocycles. The van der Waals surface area contributed by atoms with Gasteiger partial charge in [0.1, 0.15) is 0 Å². The summed E-state index contributed by atoms with van der Waals surface area (Å²) in [5.74, 6) is 0. The number of benzene rings is 1. The summed E-state index contributed by atoms with van der Waals surface area (Å²) in [7, 11) is 0. The van der Waals surface area contributed by atoms with Crippen LogP contribution >= 0.6 is 0 Å². The summed E-state index contributed by atoms with van der Waals surface area (Å²) in [6, 6.07) is 11.4. The number of likely N-dealkylation sites (tertiary alicyclic amines) is 1. The van der Waals surface area contributed by atoms with Crippen molar-refractivity contribution in [2.75, 3.05) is 26.2 Å². The summed E-state index contributed by atoms with van der Waals surface area (Å²) in [5, 5.41) is 7.41. The lowest BCUT2D eigenvalue weighted by Gasteiger charge is -2.47. The molecule has 1 unspecified atom stereocenters. The zero-order valence-corrected chi connectivity index (χ0v) is 11.9. The third-order valence-electron chi connectivity index (χ3n) is 4.53. The van der Waals surface area contributed by atoms with Gasteiger partial charge in [-0.25, -0.2) is 0 Å². The van der Waals surface area contributed by atoms with Gasteiger partial charge in [0.2, 0.25) is 0 Å². The zero-order valence-electron chi connectivity index (χ0n) is 11.9. The summed E-state index contributed by atoms with van der Waals surface area (Å²) in [6.07, 6.45) is 2.52. The highest BCUT2D eigenvalue weighted by atomic mass is 15.2. The van der Waals surface area contributed by atoms with Crippen LogP contribution in [0.1, 0.15) is 25.3 Å². The molecule has 2 aliphatic heterocycles. The molecule has 1 spiro atoms. The van der Waals surface area contributed by atoms with Crippen molar-refractivity contribution in [3.05, 3.63) is 35.9 Å². The third kappa shape index (κ3) is 3.16. The van der Waals surface area contributed by atoms with E-state index in [2.05, 4.69) is 52.8 Å². The van der Waals surface area contributed by atoms with Crippen LogP contribution in [-0.2, 0) is 6.54 Å². The van der Waals surface area contributed by atoms with Crippen molar-refractivity contribution in [1.29, 1.82) is 0 Å². The molecule has 0 amide bonds. The number of piperidine rings is 1. The lowest BCUT2D eigenvalue weighted by Crippen LogP contribution is -2.66. The predicted molar refractivity (Wildman–Crippen MR) is 79.2 cm³/mol. The molecule has 0 saturated carbocycles. The van der Waals surface area contributed by atoms with Gasteiger partial charge in [0.05, 0.1) is 0 Å². The minimum absolute atomic E-state index is 0.352. The largest absolute Gasteiger partial charge is 0.313 e. The first-order valence-corrected chi connectivity index (χ1v) is 7.50. The first-order valence-electron chi connectivity index (χ1n) is 7.50. The van der Waals surface area contributed by atoms with Crippen LogP contribution in [0.5, 0.6) is 0 Å². The lowest BCUT2D eigenvalue weighted by atomic mass is 9.85. The van der Waals surface area contributed by atoms with Crippen LogP contribution in [0.4, 0.5) is 0 Å². The first kappa shape index (κ1) is 13.1. The van der Waals surface area contributed by atoms with Crippen molar-refractivity contribution in [3.63, 3.8) is 0 Å². The SMILES string of the molecule is CC1CNCC2(CCN(Cc3ccccc3)CC2)N1. The molecule has 3 rings (SSSR count). The molecule has 0 aromatic heterocycles. The Morgan fingerprint density at radius 3 is 2.63 bits per heavy atom. The molecule has 0 bridgehead atoms. The number of nitrogens with one attached hydrogen (secondary N) is 2. The fourth-order valence-electron chi connectivity index (χ4n) is 3.45. The van der Waals surface area contributed by atoms with E-state index in [0.717, 1.165) is 19.6 Å². The number of piperazine rings is 1. The Kier molecular flexibility index (Phi) is 3.87. The Morgan fingerprint density at radius 1 is 1.21 bits per heavy atom. The molecule has 104 valence electrons. The van der Waals surface area contributed by atoms with Crippen LogP contribution in [0.2, 0.25) is 0 Å². The van der Waals surface area contributed by atoms with Gasteiger partial charge in [-0.2, -0.15) is 0 Å². The predicted octanol–water partition coefficient (Wildman–Crippen LogP) is 1.60. The molecule has 1 atom stereocenters. The highest BCUT2D eigenvalue weighted by molar-refractivity contribution is 5.14. The molecule has 2 N–H and O–H groups in total. The van der Waals surface area contributed by atoms with Crippen molar-refractivity contribution >= 4 is 0 Å². The number of rotatable bonds is 2. The highest BCUT2D eigenvalue weighted by Gasteiger charge is 2.37. The van der Waals surface area contributed by atoms with Crippen molar-refractivity contribution < 1.29 is 0 Å². The fourth-order valence-corrected chi connectivity index (χ4v) is 3.45. The van der Waals surface area contributed by atoms with Crippen LogP contribution in [0, 0.1) is 0 Å². The molecule has 3 heteroatoms. The average molecular weight is 259 g/mol. The van der Waals surface area contributed by atoms with E-state index in [1.54, 1.807) is 0 Å². The minimum atomic E-state index is 0.352. The van der Waals surface area contributed by atoms with Gasteiger partial charge >= 0.3 is 0 Å². The van der Waals surface area contributed by atoms with Crippen LogP contribution in [-0.4, -0.2) is 42.7 Å². The van der Waals surface area contributed by atoms with E-state index in [0.29, 0.717) is 11.6 Å². The Bertz CT molecular complexity index is 396. The van der Waals surface area contributed by atoms with Crippen LogP contribution in [0.25, 0.3) is 0 Å². The topological polar surface area (TPSA) is 27.3 Å². The Balaban J connectivity index is 1.54. The van der Waals surface area contributed by atoms with Gasteiger partial charge in [-0.3, -0.25) is 4.90 Å². The Morgan fingerprint density at radius 2 is 1.95 bits per heavy atom. The van der Waals surface area contributed by atoms with Gasteiger partial charge in [0.15, 0.2) is 0 Å². The summed E-state index contributed by atoms with van der Waals surface area (Å²) in [4.78, 5) is 2.58. The fraction of sp³-hybridized carbons (Fsp3) is 0.625. The highest BCUT2D eigenvalue weighted by Crippen LogP contribution is 2.25. The molecule has 0 aliphatic carbocycles. The van der Waals surface area contributed by atoms with Gasteiger partial charge < -0.3 is 10.6 Å². The molecule has 19 heavy (non-hydrogen) atoms. The summed E-state index contributed by atoms with van der Waals surface area (Å²) in [5.41, 5.74) is 1.78. The lowest BCUT2D eigenvalue weighted by molar-refractivity contribution is 0.103. The molecule has 1 aromatic carbocycles. The number of hydrogen-bond acceptors (Lipinski definition) is 3. The van der Waals surface area contributed by atoms with Crippen molar-refractivity contribution in [1.82, 2.24) is 15.5 Å². The average Bonchev–Trinajstić information content (AvgIpc) is 2.43. The van der Waals surface area contributed by atoms with Crippen LogP contribution in [0.3, 0.4) is 0 Å². The molecule has 1 aromatic rings. The quantitative estimate of drug-likeness (QED) is 0.845. The molecule has 0 radical (unpaired) electrons. The van der Waals surface area contributed by atoms with E-state index in [1.807, 2.05) is 0 Å². The Labute approximate surface area is 116 Å². The number of hydrogen-bond donors (Lipinski definition) is 2. The van der Waals surface area contributed by atoms with Crippen LogP contribution in [0.15, 0.2) is 30.3 Å². The van der Waals surface area contributed by atoms with Crippen molar-refractivity contribution in [3.8, 4) is 0 Å². The zero-order chi connectivity index (χ0) is 13.1. The van der Waals surface area contributed by atoms with E-state index >= 15 is 0 Å². The second-order valence-corrected chi connectivity index (χ2v) is 6.22. The maximum atomic E-state index is 3.83. The van der Waals surface area contributed by atoms with Gasteiger partial charge in [0.25, 0.3) is 0 Å². The monoisotopic (exact) mass is 259 g/mol. The second-order valence-electron chi connectivity index (χ2n) is 6.22. The summed E-state index contributed by atoms with van der Waals surface area (Å²) >= 11 is 0. The molecule has 2 saturated heterocycles. The third-order valence-corrected chi connectivity index (χ3v) is 4.53. The van der Waals surface area contributed by atoms with Gasteiger partial charge in [-0.1, -0.05) is 30.3 Å². The summed E-state index contributed by atoms with van der Waals surface area (Å²) < 4.78 is 0. The van der Waals surface area contributed by atoms with E-state index < -0.39 is 0 Å². The molecular formula is C16H25N3.